The van der Waals surface area contributed by atoms with Gasteiger partial charge in [-0.25, -0.2) is 14.4 Å². The van der Waals surface area contributed by atoms with Gasteiger partial charge < -0.3 is 0 Å². The van der Waals surface area contributed by atoms with Crippen molar-refractivity contribution in [1.29, 1.82) is 0 Å². The van der Waals surface area contributed by atoms with E-state index in [-0.39, 0.29) is 0 Å². The SMILES string of the molecule is CCCCCCCCCCCCC[N+](CCCCCCCCCCCCC)(CCCCCCCCCCCCC)C(=O)/C1=C(\C2=C/CCCCCC2)CCCCCC1(C(=O)[N+](CCCCCCCCCCCCC)(CCCCCCCCCCCCC)CCCCCCCCCCCCC)C(=O)[N+](CCCCCCCCCCCCC)(CCCCCCCCCCCCC)CCCCCCCCCCCCC. The number of quaternary nitrogens is 3. The zero-order valence-electron chi connectivity index (χ0n) is 99.8. The van der Waals surface area contributed by atoms with Crippen LogP contribution in [0.3, 0.4) is 0 Å². The van der Waals surface area contributed by atoms with Gasteiger partial charge in [-0.15, -0.1) is 0 Å². The highest BCUT2D eigenvalue weighted by Gasteiger charge is 2.68. The Balaban J connectivity index is 3.73. The summed E-state index contributed by atoms with van der Waals surface area (Å²) in [5.41, 5.74) is 2.03. The molecule has 840 valence electrons. The maximum Gasteiger partial charge on any atom is 0.344 e. The Hall–Kier alpha value is -1.63. The van der Waals surface area contributed by atoms with Gasteiger partial charge in [0.25, 0.3) is 0 Å². The van der Waals surface area contributed by atoms with Crippen molar-refractivity contribution in [1.82, 2.24) is 0 Å². The molecule has 0 radical (unpaired) electrons. The number of amides is 3. The monoisotopic (exact) mass is 1990 g/mol. The Labute approximate surface area is 895 Å². The van der Waals surface area contributed by atoms with Gasteiger partial charge in [0.1, 0.15) is 0 Å². The summed E-state index contributed by atoms with van der Waals surface area (Å²) in [6.07, 6.45) is 142. The first-order chi connectivity index (χ1) is 70.1. The van der Waals surface area contributed by atoms with Gasteiger partial charge in [0.2, 0.25) is 5.41 Å². The predicted octanol–water partition coefficient (Wildman–Crippen LogP) is 46.3. The lowest BCUT2D eigenvalue weighted by Gasteiger charge is -2.49. The summed E-state index contributed by atoms with van der Waals surface area (Å²) in [5, 5.41) is 0. The van der Waals surface area contributed by atoms with E-state index >= 15 is 14.4 Å². The van der Waals surface area contributed by atoms with E-state index < -0.39 is 5.41 Å². The van der Waals surface area contributed by atoms with Crippen molar-refractivity contribution in [2.45, 2.75) is 769 Å². The molecule has 0 heterocycles. The summed E-state index contributed by atoms with van der Waals surface area (Å²) in [7, 11) is 0. The molecule has 142 heavy (non-hydrogen) atoms. The third kappa shape index (κ3) is 71.3. The van der Waals surface area contributed by atoms with Crippen molar-refractivity contribution in [3.05, 3.63) is 22.8 Å². The predicted molar refractivity (Wildman–Crippen MR) is 636 cm³/mol. The fraction of sp³-hybridized carbons (Fsp3) is 0.949. The Kier molecular flexibility index (Phi) is 99.7. The van der Waals surface area contributed by atoms with Crippen LogP contribution in [0.15, 0.2) is 22.8 Å². The molecule has 2 rings (SSSR count). The average molecular weight is 1990 g/mol. The molecule has 0 saturated carbocycles. The van der Waals surface area contributed by atoms with E-state index in [0.29, 0.717) is 37.6 Å². The van der Waals surface area contributed by atoms with Crippen molar-refractivity contribution >= 4 is 17.7 Å². The number of rotatable bonds is 112. The third-order valence-corrected chi connectivity index (χ3v) is 35.3. The number of allylic oxidation sites excluding steroid dienone is 3. The van der Waals surface area contributed by atoms with Crippen LogP contribution in [0.1, 0.15) is 769 Å². The van der Waals surface area contributed by atoms with Gasteiger partial charge in [-0.05, 0) is 172 Å². The summed E-state index contributed by atoms with van der Waals surface area (Å²) in [6.45, 7) is 28.9. The zero-order chi connectivity index (χ0) is 102. The molecule has 0 aromatic carbocycles. The summed E-state index contributed by atoms with van der Waals surface area (Å²) in [4.78, 5) is 60.3. The van der Waals surface area contributed by atoms with Gasteiger partial charge in [0, 0.05) is 0 Å². The molecule has 6 heteroatoms. The van der Waals surface area contributed by atoms with Gasteiger partial charge in [0.05, 0.1) is 64.5 Å². The molecule has 0 fully saturated rings. The standard InChI is InChI=1S/C136H266N3O3/c1-10-19-28-37-46-55-64-73-82-94-108-121-137(122-109-95-83-74-65-56-47-38-29-20-11-2,123-110-96-84-75-66-57-48-39-30-21-12-3)133(140)132-131(130-117-104-92-91-93-105-118-130)119-106-103-107-120-136(132,134(141)138(124-111-97-85-76-67-58-49-40-31-22-13-4,125-112-98-86-77-68-59-50-41-32-23-14-5)126-113-99-87-78-69-60-51-42-33-24-15-6)135(142)139(127-114-100-88-79-70-61-52-43-34-25-16-7,128-115-101-89-80-71-62-53-44-35-26-17-8)129-116-102-90-81-72-63-54-45-36-27-18-9/h117H,10-116,118-129H2,1-9H3/q+3/b130-117-,132-131+. The molecule has 0 saturated heterocycles. The highest BCUT2D eigenvalue weighted by molar-refractivity contribution is 6.12. The molecule has 0 aromatic heterocycles. The van der Waals surface area contributed by atoms with Gasteiger partial charge in [0.15, 0.2) is 0 Å². The molecule has 0 spiro atoms. The van der Waals surface area contributed by atoms with E-state index in [0.717, 1.165) is 206 Å². The summed E-state index contributed by atoms with van der Waals surface area (Å²) >= 11 is 0. The lowest BCUT2D eigenvalue weighted by Crippen LogP contribution is -2.70. The van der Waals surface area contributed by atoms with Crippen molar-refractivity contribution in [3.8, 4) is 0 Å². The number of unbranched alkanes of at least 4 members (excludes halogenated alkanes) is 90. The molecule has 3 amide bonds. The second kappa shape index (κ2) is 104. The van der Waals surface area contributed by atoms with Gasteiger partial charge in [-0.3, -0.25) is 13.4 Å². The Morgan fingerprint density at radius 1 is 0.183 bits per heavy atom. The van der Waals surface area contributed by atoms with Gasteiger partial charge in [-0.1, -0.05) is 614 Å². The minimum Gasteiger partial charge on any atom is -0.259 e. The lowest BCUT2D eigenvalue weighted by atomic mass is 9.66. The first-order valence-electron chi connectivity index (χ1n) is 67.8. The van der Waals surface area contributed by atoms with Crippen LogP contribution in [0.25, 0.3) is 0 Å². The first kappa shape index (κ1) is 136. The van der Waals surface area contributed by atoms with E-state index in [2.05, 4.69) is 68.4 Å². The van der Waals surface area contributed by atoms with Gasteiger partial charge in [-0.2, -0.15) is 0 Å². The summed E-state index contributed by atoms with van der Waals surface area (Å²) in [5.74, 6) is 0.936. The van der Waals surface area contributed by atoms with E-state index in [4.69, 9.17) is 0 Å². The maximum absolute atomic E-state index is 20.2. The lowest BCUT2D eigenvalue weighted by molar-refractivity contribution is -0.869. The Morgan fingerprint density at radius 3 is 0.528 bits per heavy atom. The van der Waals surface area contributed by atoms with Crippen LogP contribution in [0, 0.1) is 5.41 Å². The van der Waals surface area contributed by atoms with Crippen LogP contribution in [0.2, 0.25) is 0 Å². The van der Waals surface area contributed by atoms with Crippen LogP contribution in [-0.4, -0.2) is 90.1 Å². The number of carbonyl (C=O) groups excluding carboxylic acids is 3. The second-order valence-corrected chi connectivity index (χ2v) is 48.7. The number of hydrogen-bond acceptors (Lipinski definition) is 3. The normalized spacial score (nSPS) is 15.0. The van der Waals surface area contributed by atoms with Crippen molar-refractivity contribution < 1.29 is 27.8 Å². The molecule has 0 unspecified atom stereocenters. The summed E-state index contributed by atoms with van der Waals surface area (Å²) in [6, 6.07) is 0. The van der Waals surface area contributed by atoms with Crippen LogP contribution in [-0.2, 0) is 14.4 Å². The molecule has 0 atom stereocenters. The van der Waals surface area contributed by atoms with E-state index in [9.17, 15) is 0 Å². The quantitative estimate of drug-likeness (QED) is 0.0346. The number of nitrogens with zero attached hydrogens (tertiary/aromatic N) is 3. The maximum atomic E-state index is 20.2. The Bertz CT molecular complexity index is 2410. The number of hydrogen-bond donors (Lipinski definition) is 0. The highest BCUT2D eigenvalue weighted by Crippen LogP contribution is 2.51. The molecule has 2 aliphatic carbocycles. The van der Waals surface area contributed by atoms with Crippen molar-refractivity contribution in [3.63, 3.8) is 0 Å². The minimum atomic E-state index is -1.56. The van der Waals surface area contributed by atoms with E-state index in [1.165, 1.54) is 570 Å². The Morgan fingerprint density at radius 2 is 0.338 bits per heavy atom. The van der Waals surface area contributed by atoms with E-state index in [1.54, 1.807) is 0 Å². The zero-order valence-corrected chi connectivity index (χ0v) is 99.8. The van der Waals surface area contributed by atoms with Gasteiger partial charge >= 0.3 is 17.7 Å². The molecule has 0 N–H and O–H groups in total. The smallest absolute Gasteiger partial charge is 0.259 e. The third-order valence-electron chi connectivity index (χ3n) is 35.3. The molecule has 0 aromatic rings. The average Bonchev–Trinajstić information content (AvgIpc) is 0.707. The molecular weight excluding hydrogens is 1720 g/mol. The molecule has 6 nitrogen and oxygen atoms in total. The van der Waals surface area contributed by atoms with E-state index in [1.807, 2.05) is 0 Å². The second-order valence-electron chi connectivity index (χ2n) is 48.7. The first-order valence-corrected chi connectivity index (χ1v) is 67.8. The van der Waals surface area contributed by atoms with Crippen LogP contribution >= 0.6 is 0 Å². The molecule has 2 aliphatic rings. The van der Waals surface area contributed by atoms with Crippen molar-refractivity contribution in [2.75, 3.05) is 58.9 Å². The molecule has 0 bridgehead atoms. The largest absolute Gasteiger partial charge is 0.344 e. The number of carbonyl (C=O) groups is 3. The fourth-order valence-electron chi connectivity index (χ4n) is 25.7. The van der Waals surface area contributed by atoms with Crippen LogP contribution < -0.4 is 0 Å². The van der Waals surface area contributed by atoms with Crippen molar-refractivity contribution in [2.24, 2.45) is 5.41 Å². The highest BCUT2D eigenvalue weighted by atomic mass is 16.2. The topological polar surface area (TPSA) is 51.2 Å². The fourth-order valence-corrected chi connectivity index (χ4v) is 25.7. The van der Waals surface area contributed by atoms with Crippen LogP contribution in [0.5, 0.6) is 0 Å². The molecular formula is C136H266N3O3+3. The minimum absolute atomic E-state index is 0.300. The summed E-state index contributed by atoms with van der Waals surface area (Å²) < 4.78 is 1.35. The van der Waals surface area contributed by atoms with Crippen LogP contribution in [0.4, 0.5) is 0 Å². The molecule has 0 aliphatic heterocycles.